The first kappa shape index (κ1) is 19.1. The minimum atomic E-state index is -0.0271. The third-order valence-corrected chi connectivity index (χ3v) is 5.93. The average molecular weight is 399 g/mol. The van der Waals surface area contributed by atoms with Crippen LogP contribution < -0.4 is 5.32 Å². The van der Waals surface area contributed by atoms with E-state index >= 15 is 0 Å². The summed E-state index contributed by atoms with van der Waals surface area (Å²) < 4.78 is 7.70. The van der Waals surface area contributed by atoms with Crippen LogP contribution in [-0.4, -0.2) is 53.0 Å². The van der Waals surface area contributed by atoms with Crippen molar-refractivity contribution in [1.29, 1.82) is 0 Å². The van der Waals surface area contributed by atoms with E-state index in [9.17, 15) is 4.79 Å². The van der Waals surface area contributed by atoms with Crippen LogP contribution in [0.25, 0.3) is 4.96 Å². The van der Waals surface area contributed by atoms with E-state index in [-0.39, 0.29) is 12.0 Å². The van der Waals surface area contributed by atoms with Crippen LogP contribution in [0.4, 0.5) is 0 Å². The first-order valence-corrected chi connectivity index (χ1v) is 10.7. The number of hydrogen-bond acceptors (Lipinski definition) is 5. The Morgan fingerprint density at radius 3 is 3.04 bits per heavy atom. The predicted octanol–water partition coefficient (Wildman–Crippen LogP) is 2.98. The van der Waals surface area contributed by atoms with Crippen LogP contribution in [0.1, 0.15) is 34.6 Å². The lowest BCUT2D eigenvalue weighted by Gasteiger charge is -2.17. The highest BCUT2D eigenvalue weighted by Crippen LogP contribution is 2.19. The Morgan fingerprint density at radius 1 is 1.39 bits per heavy atom. The smallest absolute Gasteiger partial charge is 0.274 e. The number of thiazole rings is 1. The van der Waals surface area contributed by atoms with Gasteiger partial charge in [-0.15, -0.1) is 11.3 Å². The van der Waals surface area contributed by atoms with Crippen LogP contribution in [0.15, 0.2) is 41.9 Å². The molecule has 1 aliphatic heterocycles. The summed E-state index contributed by atoms with van der Waals surface area (Å²) >= 11 is 1.55. The van der Waals surface area contributed by atoms with E-state index in [1.54, 1.807) is 16.2 Å². The van der Waals surface area contributed by atoms with Gasteiger partial charge in [0.25, 0.3) is 5.91 Å². The van der Waals surface area contributed by atoms with Gasteiger partial charge >= 0.3 is 0 Å². The number of carbonyl (C=O) groups excluding carboxylic acids is 1. The minimum absolute atomic E-state index is 0.0271. The molecule has 3 heterocycles. The summed E-state index contributed by atoms with van der Waals surface area (Å²) in [5.74, 6) is -0.0271. The number of ether oxygens (including phenoxy) is 1. The van der Waals surface area contributed by atoms with Crippen molar-refractivity contribution in [2.45, 2.75) is 31.9 Å². The number of nitrogens with zero attached hydrogens (tertiary/aromatic N) is 3. The molecule has 148 valence electrons. The third-order valence-electron chi connectivity index (χ3n) is 5.18. The molecule has 6 nitrogen and oxygen atoms in total. The van der Waals surface area contributed by atoms with E-state index < -0.39 is 0 Å². The summed E-state index contributed by atoms with van der Waals surface area (Å²) in [4.78, 5) is 20.3. The summed E-state index contributed by atoms with van der Waals surface area (Å²) in [6.45, 7) is 2.92. The van der Waals surface area contributed by atoms with Gasteiger partial charge in [-0.2, -0.15) is 0 Å². The molecule has 7 heteroatoms. The molecule has 28 heavy (non-hydrogen) atoms. The van der Waals surface area contributed by atoms with Crippen molar-refractivity contribution in [3.63, 3.8) is 0 Å². The van der Waals surface area contributed by atoms with E-state index in [1.807, 2.05) is 41.2 Å². The van der Waals surface area contributed by atoms with E-state index in [0.29, 0.717) is 18.8 Å². The second kappa shape index (κ2) is 8.86. The zero-order chi connectivity index (χ0) is 19.3. The van der Waals surface area contributed by atoms with Crippen LogP contribution in [0, 0.1) is 0 Å². The first-order chi connectivity index (χ1) is 13.7. The molecular weight excluding hydrogens is 372 g/mol. The molecule has 0 bridgehead atoms. The van der Waals surface area contributed by atoms with Crippen molar-refractivity contribution in [1.82, 2.24) is 19.6 Å². The molecule has 0 aliphatic carbocycles. The predicted molar refractivity (Wildman–Crippen MR) is 111 cm³/mol. The summed E-state index contributed by atoms with van der Waals surface area (Å²) in [6.07, 6.45) is 5.32. The molecule has 0 unspecified atom stereocenters. The maximum Gasteiger partial charge on any atom is 0.274 e. The molecule has 0 spiro atoms. The van der Waals surface area contributed by atoms with Crippen molar-refractivity contribution in [3.05, 3.63) is 58.9 Å². The highest BCUT2D eigenvalue weighted by Gasteiger charge is 2.23. The van der Waals surface area contributed by atoms with Gasteiger partial charge in [0.05, 0.1) is 11.8 Å². The molecule has 1 N–H and O–H groups in total. The number of fused-ring (bicyclic) bond motifs is 1. The number of likely N-dealkylation sites (N-methyl/N-ethyl adjacent to an activating group) is 1. The Bertz CT molecular complexity index is 915. The van der Waals surface area contributed by atoms with Crippen LogP contribution in [-0.2, 0) is 17.7 Å². The first-order valence-electron chi connectivity index (χ1n) is 9.78. The number of aromatic nitrogens is 2. The Kier molecular flexibility index (Phi) is 6.04. The standard InChI is InChI=1S/C21H26N4O2S/c1-24(10-9-16-6-3-2-4-7-16)20(26)19-18(25-11-13-28-21(25)23-19)15-22-14-17-8-5-12-27-17/h2-4,6-7,11,13,17,22H,5,8-10,12,14-15H2,1H3/t17-/m0/s1. The summed E-state index contributed by atoms with van der Waals surface area (Å²) in [7, 11) is 1.85. The molecule has 1 aliphatic rings. The maximum absolute atomic E-state index is 13.1. The molecule has 2 aromatic heterocycles. The van der Waals surface area contributed by atoms with Gasteiger partial charge in [-0.05, 0) is 24.8 Å². The molecule has 0 saturated carbocycles. The fourth-order valence-electron chi connectivity index (χ4n) is 3.55. The number of benzene rings is 1. The van der Waals surface area contributed by atoms with E-state index in [4.69, 9.17) is 4.74 Å². The number of carbonyl (C=O) groups is 1. The van der Waals surface area contributed by atoms with E-state index in [1.165, 1.54) is 5.56 Å². The Hall–Kier alpha value is -2.22. The third kappa shape index (κ3) is 4.27. The normalized spacial score (nSPS) is 16.7. The molecule has 1 fully saturated rings. The monoisotopic (exact) mass is 398 g/mol. The number of rotatable bonds is 8. The van der Waals surface area contributed by atoms with Crippen LogP contribution in [0.2, 0.25) is 0 Å². The van der Waals surface area contributed by atoms with Gasteiger partial charge in [0, 0.05) is 44.9 Å². The number of hydrogen-bond donors (Lipinski definition) is 1. The summed E-state index contributed by atoms with van der Waals surface area (Å²) in [5, 5.41) is 5.45. The molecule has 4 rings (SSSR count). The highest BCUT2D eigenvalue weighted by atomic mass is 32.1. The second-order valence-electron chi connectivity index (χ2n) is 7.19. The largest absolute Gasteiger partial charge is 0.377 e. The molecule has 1 atom stereocenters. The Morgan fingerprint density at radius 2 is 2.25 bits per heavy atom. The molecule has 3 aromatic rings. The van der Waals surface area contributed by atoms with Crippen LogP contribution in [0.5, 0.6) is 0 Å². The number of amides is 1. The second-order valence-corrected chi connectivity index (χ2v) is 8.06. The fourth-order valence-corrected chi connectivity index (χ4v) is 4.29. The van der Waals surface area contributed by atoms with Gasteiger partial charge in [0.1, 0.15) is 0 Å². The lowest BCUT2D eigenvalue weighted by Crippen LogP contribution is -2.31. The molecule has 1 saturated heterocycles. The molecular formula is C21H26N4O2S. The molecule has 0 radical (unpaired) electrons. The lowest BCUT2D eigenvalue weighted by atomic mass is 10.1. The zero-order valence-electron chi connectivity index (χ0n) is 16.1. The number of imidazole rings is 1. The summed E-state index contributed by atoms with van der Waals surface area (Å²) in [6, 6.07) is 10.2. The van der Waals surface area contributed by atoms with Crippen molar-refractivity contribution in [3.8, 4) is 0 Å². The minimum Gasteiger partial charge on any atom is -0.377 e. The Balaban J connectivity index is 1.44. The van der Waals surface area contributed by atoms with Crippen molar-refractivity contribution < 1.29 is 9.53 Å². The fraction of sp³-hybridized carbons (Fsp3) is 0.429. The van der Waals surface area contributed by atoms with Gasteiger partial charge in [-0.25, -0.2) is 4.98 Å². The van der Waals surface area contributed by atoms with E-state index in [0.717, 1.165) is 43.1 Å². The van der Waals surface area contributed by atoms with Crippen molar-refractivity contribution in [2.24, 2.45) is 0 Å². The summed E-state index contributed by atoms with van der Waals surface area (Å²) in [5.41, 5.74) is 2.69. The average Bonchev–Trinajstić information content (AvgIpc) is 3.45. The van der Waals surface area contributed by atoms with Crippen LogP contribution in [0.3, 0.4) is 0 Å². The van der Waals surface area contributed by atoms with Crippen molar-refractivity contribution >= 4 is 22.2 Å². The van der Waals surface area contributed by atoms with Gasteiger partial charge in [0.15, 0.2) is 10.7 Å². The maximum atomic E-state index is 13.1. The van der Waals surface area contributed by atoms with Crippen LogP contribution >= 0.6 is 11.3 Å². The lowest BCUT2D eigenvalue weighted by molar-refractivity contribution is 0.0790. The Labute approximate surface area is 169 Å². The van der Waals surface area contributed by atoms with Gasteiger partial charge < -0.3 is 15.0 Å². The SMILES string of the molecule is CN(CCc1ccccc1)C(=O)c1nc2sccn2c1CNC[C@@H]1CCCO1. The molecule has 1 amide bonds. The van der Waals surface area contributed by atoms with E-state index in [2.05, 4.69) is 22.4 Å². The molecule has 1 aromatic carbocycles. The zero-order valence-corrected chi connectivity index (χ0v) is 17.0. The van der Waals surface area contributed by atoms with Gasteiger partial charge in [-0.3, -0.25) is 9.20 Å². The quantitative estimate of drug-likeness (QED) is 0.634. The number of nitrogens with one attached hydrogen (secondary N) is 1. The topological polar surface area (TPSA) is 58.9 Å². The highest BCUT2D eigenvalue weighted by molar-refractivity contribution is 7.15. The van der Waals surface area contributed by atoms with Gasteiger partial charge in [0.2, 0.25) is 0 Å². The van der Waals surface area contributed by atoms with Crippen molar-refractivity contribution in [2.75, 3.05) is 26.7 Å². The van der Waals surface area contributed by atoms with Gasteiger partial charge in [-0.1, -0.05) is 30.3 Å².